The van der Waals surface area contributed by atoms with Crippen molar-refractivity contribution in [2.24, 2.45) is 0 Å². The molecule has 18 heavy (non-hydrogen) atoms. The Hall–Kier alpha value is -0.380. The van der Waals surface area contributed by atoms with Crippen LogP contribution in [0.15, 0.2) is 22.7 Å². The van der Waals surface area contributed by atoms with Gasteiger partial charge in [-0.1, -0.05) is 22.0 Å². The van der Waals surface area contributed by atoms with Crippen molar-refractivity contribution < 1.29 is 0 Å². The molecule has 1 fully saturated rings. The molecule has 0 spiro atoms. The number of fused-ring (bicyclic) bond motifs is 1. The molecule has 0 aromatic heterocycles. The van der Waals surface area contributed by atoms with E-state index in [2.05, 4.69) is 51.4 Å². The highest BCUT2D eigenvalue weighted by molar-refractivity contribution is 9.10. The Labute approximate surface area is 118 Å². The third-order valence-electron chi connectivity index (χ3n) is 4.34. The smallest absolute Gasteiger partial charge is 0.0328 e. The van der Waals surface area contributed by atoms with Crippen LogP contribution in [-0.4, -0.2) is 31.1 Å². The molecule has 2 aliphatic rings. The lowest BCUT2D eigenvalue weighted by atomic mass is 10.0. The predicted molar refractivity (Wildman–Crippen MR) is 78.9 cm³/mol. The zero-order chi connectivity index (χ0) is 12.5. The van der Waals surface area contributed by atoms with Crippen LogP contribution in [0.25, 0.3) is 0 Å². The molecule has 1 aliphatic heterocycles. The summed E-state index contributed by atoms with van der Waals surface area (Å²) in [6, 6.07) is 8.04. The fourth-order valence-electron chi connectivity index (χ4n) is 3.22. The van der Waals surface area contributed by atoms with Crippen LogP contribution >= 0.6 is 15.9 Å². The lowest BCUT2D eigenvalue weighted by Crippen LogP contribution is -2.41. The number of nitrogens with zero attached hydrogens (tertiary/aromatic N) is 1. The highest BCUT2D eigenvalue weighted by Gasteiger charge is 2.26. The summed E-state index contributed by atoms with van der Waals surface area (Å²) in [6.07, 6.45) is 5.06. The van der Waals surface area contributed by atoms with Gasteiger partial charge in [0.25, 0.3) is 0 Å². The third kappa shape index (κ3) is 2.63. The Morgan fingerprint density at radius 3 is 2.78 bits per heavy atom. The molecule has 1 heterocycles. The predicted octanol–water partition coefficient (Wildman–Crippen LogP) is 3.12. The van der Waals surface area contributed by atoms with Gasteiger partial charge in [0.15, 0.2) is 0 Å². The number of aryl methyl sites for hydroxylation is 1. The normalized spacial score (nSPS) is 25.3. The third-order valence-corrected chi connectivity index (χ3v) is 4.83. The minimum Gasteiger partial charge on any atom is -0.307 e. The van der Waals surface area contributed by atoms with E-state index in [1.54, 1.807) is 0 Å². The van der Waals surface area contributed by atoms with Gasteiger partial charge in [-0.2, -0.15) is 0 Å². The van der Waals surface area contributed by atoms with Crippen LogP contribution in [0.5, 0.6) is 0 Å². The molecular formula is C15H21BrN2. The van der Waals surface area contributed by atoms with Crippen LogP contribution in [-0.2, 0) is 6.42 Å². The number of likely N-dealkylation sites (tertiary alicyclic amines) is 1. The summed E-state index contributed by atoms with van der Waals surface area (Å²) >= 11 is 3.56. The summed E-state index contributed by atoms with van der Waals surface area (Å²) in [4.78, 5) is 2.43. The second-order valence-corrected chi connectivity index (χ2v) is 6.59. The number of nitrogens with one attached hydrogen (secondary N) is 1. The maximum Gasteiger partial charge on any atom is 0.0328 e. The van der Waals surface area contributed by atoms with E-state index in [-0.39, 0.29) is 0 Å². The Balaban J connectivity index is 1.66. The first-order valence-electron chi connectivity index (χ1n) is 6.95. The van der Waals surface area contributed by atoms with Gasteiger partial charge in [0.2, 0.25) is 0 Å². The number of piperidine rings is 1. The molecular weight excluding hydrogens is 288 g/mol. The first-order valence-corrected chi connectivity index (χ1v) is 7.74. The lowest BCUT2D eigenvalue weighted by molar-refractivity contribution is 0.224. The second-order valence-electron chi connectivity index (χ2n) is 5.68. The molecule has 3 rings (SSSR count). The first-order chi connectivity index (χ1) is 8.72. The summed E-state index contributed by atoms with van der Waals surface area (Å²) in [5, 5.41) is 3.87. The van der Waals surface area contributed by atoms with Gasteiger partial charge in [0.1, 0.15) is 0 Å². The molecule has 3 heteroatoms. The summed E-state index contributed by atoms with van der Waals surface area (Å²) in [5.41, 5.74) is 3.05. The molecule has 2 nitrogen and oxygen atoms in total. The fourth-order valence-corrected chi connectivity index (χ4v) is 3.63. The van der Waals surface area contributed by atoms with Gasteiger partial charge in [0, 0.05) is 16.6 Å². The zero-order valence-electron chi connectivity index (χ0n) is 11.0. The van der Waals surface area contributed by atoms with Gasteiger partial charge in [0.05, 0.1) is 0 Å². The van der Waals surface area contributed by atoms with Gasteiger partial charge in [-0.05, 0) is 69.1 Å². The van der Waals surface area contributed by atoms with Crippen molar-refractivity contribution in [2.45, 2.75) is 37.8 Å². The number of hydrogen-bond acceptors (Lipinski definition) is 2. The van der Waals surface area contributed by atoms with Crippen molar-refractivity contribution in [1.82, 2.24) is 10.2 Å². The van der Waals surface area contributed by atoms with Gasteiger partial charge in [-0.25, -0.2) is 0 Å². The minimum absolute atomic E-state index is 0.585. The summed E-state index contributed by atoms with van der Waals surface area (Å²) in [6.45, 7) is 2.47. The van der Waals surface area contributed by atoms with Crippen molar-refractivity contribution in [3.05, 3.63) is 33.8 Å². The van der Waals surface area contributed by atoms with Crippen molar-refractivity contribution in [3.63, 3.8) is 0 Å². The van der Waals surface area contributed by atoms with E-state index in [0.29, 0.717) is 12.1 Å². The van der Waals surface area contributed by atoms with E-state index in [9.17, 15) is 0 Å². The monoisotopic (exact) mass is 308 g/mol. The molecule has 1 N–H and O–H groups in total. The number of benzene rings is 1. The second kappa shape index (κ2) is 5.32. The van der Waals surface area contributed by atoms with Crippen LogP contribution in [0.3, 0.4) is 0 Å². The highest BCUT2D eigenvalue weighted by Crippen LogP contribution is 2.33. The molecule has 1 unspecified atom stereocenters. The number of halogens is 1. The van der Waals surface area contributed by atoms with Crippen LogP contribution in [0.2, 0.25) is 0 Å². The Morgan fingerprint density at radius 1 is 1.22 bits per heavy atom. The fraction of sp³-hybridized carbons (Fsp3) is 0.600. The van der Waals surface area contributed by atoms with E-state index in [1.165, 1.54) is 54.4 Å². The van der Waals surface area contributed by atoms with Crippen molar-refractivity contribution in [2.75, 3.05) is 20.1 Å². The van der Waals surface area contributed by atoms with Gasteiger partial charge >= 0.3 is 0 Å². The Morgan fingerprint density at radius 2 is 2.00 bits per heavy atom. The maximum atomic E-state index is 3.87. The average molecular weight is 309 g/mol. The molecule has 1 aromatic carbocycles. The summed E-state index contributed by atoms with van der Waals surface area (Å²) in [7, 11) is 2.22. The number of rotatable bonds is 2. The largest absolute Gasteiger partial charge is 0.307 e. The van der Waals surface area contributed by atoms with Crippen molar-refractivity contribution in [1.29, 1.82) is 0 Å². The maximum absolute atomic E-state index is 3.87. The van der Waals surface area contributed by atoms with Gasteiger partial charge < -0.3 is 10.2 Å². The summed E-state index contributed by atoms with van der Waals surface area (Å²) in [5.74, 6) is 0. The molecule has 1 aromatic rings. The van der Waals surface area contributed by atoms with Crippen LogP contribution in [0.1, 0.15) is 36.4 Å². The zero-order valence-corrected chi connectivity index (χ0v) is 12.5. The van der Waals surface area contributed by atoms with Crippen molar-refractivity contribution in [3.8, 4) is 0 Å². The SMILES string of the molecule is CN1CCC(NC2CCc3cc(Br)ccc32)CC1. The first kappa shape index (κ1) is 12.6. The molecule has 1 saturated heterocycles. The highest BCUT2D eigenvalue weighted by atomic mass is 79.9. The van der Waals surface area contributed by atoms with Crippen LogP contribution in [0, 0.1) is 0 Å². The van der Waals surface area contributed by atoms with E-state index < -0.39 is 0 Å². The molecule has 1 atom stereocenters. The lowest BCUT2D eigenvalue weighted by Gasteiger charge is -2.31. The molecule has 98 valence electrons. The van der Waals surface area contributed by atoms with Crippen molar-refractivity contribution >= 4 is 15.9 Å². The van der Waals surface area contributed by atoms with E-state index in [1.807, 2.05) is 0 Å². The number of hydrogen-bond donors (Lipinski definition) is 1. The van der Waals surface area contributed by atoms with Crippen LogP contribution in [0.4, 0.5) is 0 Å². The topological polar surface area (TPSA) is 15.3 Å². The summed E-state index contributed by atoms with van der Waals surface area (Å²) < 4.78 is 1.21. The Bertz CT molecular complexity index is 425. The molecule has 0 bridgehead atoms. The Kier molecular flexibility index (Phi) is 3.73. The molecule has 0 saturated carbocycles. The van der Waals surface area contributed by atoms with Gasteiger partial charge in [-0.3, -0.25) is 0 Å². The minimum atomic E-state index is 0.585. The van der Waals surface area contributed by atoms with Gasteiger partial charge in [-0.15, -0.1) is 0 Å². The van der Waals surface area contributed by atoms with E-state index >= 15 is 0 Å². The van der Waals surface area contributed by atoms with Crippen LogP contribution < -0.4 is 5.32 Å². The average Bonchev–Trinajstić information content (AvgIpc) is 2.74. The quantitative estimate of drug-likeness (QED) is 0.903. The molecule has 0 radical (unpaired) electrons. The van der Waals surface area contributed by atoms with E-state index in [4.69, 9.17) is 0 Å². The standard InChI is InChI=1S/C15H21BrN2/c1-18-8-6-13(7-9-18)17-15-5-2-11-10-12(16)3-4-14(11)15/h3-4,10,13,15,17H,2,5-9H2,1H3. The molecule has 1 aliphatic carbocycles. The van der Waals surface area contributed by atoms with E-state index in [0.717, 1.165) is 0 Å². The molecule has 0 amide bonds.